The molecule has 0 unspecified atom stereocenters. The number of anilines is 2. The van der Waals surface area contributed by atoms with Crippen LogP contribution in [-0.2, 0) is 0 Å². The van der Waals surface area contributed by atoms with Gasteiger partial charge in [-0.25, -0.2) is 0 Å². The van der Waals surface area contributed by atoms with E-state index in [1.54, 1.807) is 6.07 Å². The zero-order valence-electron chi connectivity index (χ0n) is 17.0. The number of non-ortho nitro benzene ring substituents is 1. The molecule has 0 radical (unpaired) electrons. The lowest BCUT2D eigenvalue weighted by molar-refractivity contribution is -0.384. The van der Waals surface area contributed by atoms with Gasteiger partial charge in [0.1, 0.15) is 0 Å². The molecular weight excluding hydrogens is 426 g/mol. The second-order valence-corrected chi connectivity index (χ2v) is 8.52. The smallest absolute Gasteiger partial charge is 0.269 e. The van der Waals surface area contributed by atoms with E-state index in [9.17, 15) is 14.9 Å². The van der Waals surface area contributed by atoms with E-state index in [4.69, 9.17) is 11.6 Å². The molecule has 7 heteroatoms. The van der Waals surface area contributed by atoms with Gasteiger partial charge in [-0.15, -0.1) is 0 Å². The number of hydrogen-bond acceptors (Lipinski definition) is 4. The minimum Gasteiger partial charge on any atom is -0.378 e. The minimum atomic E-state index is -0.467. The third-order valence-electron chi connectivity index (χ3n) is 6.19. The summed E-state index contributed by atoms with van der Waals surface area (Å²) in [5.41, 5.74) is 4.36. The molecule has 1 heterocycles. The van der Waals surface area contributed by atoms with Crippen LogP contribution in [0.25, 0.3) is 0 Å². The number of nitro groups is 1. The third kappa shape index (κ3) is 3.74. The third-order valence-corrected chi connectivity index (χ3v) is 6.44. The fraction of sp³-hybridized carbons (Fsp3) is 0.160. The SMILES string of the molecule is O=C(Nc1ccc([N+](=O)[O-])cc1)c1ccc2c(c1)[C@@H]1C=CC[C@H]1[C@@H](c1ccc(Cl)cc1)N2. The van der Waals surface area contributed by atoms with E-state index >= 15 is 0 Å². The van der Waals surface area contributed by atoms with Crippen molar-refractivity contribution in [2.24, 2.45) is 5.92 Å². The second kappa shape index (κ2) is 8.13. The van der Waals surface area contributed by atoms with E-state index in [1.165, 1.54) is 29.8 Å². The Morgan fingerprint density at radius 2 is 1.81 bits per heavy atom. The molecule has 3 aromatic rings. The summed E-state index contributed by atoms with van der Waals surface area (Å²) >= 11 is 6.07. The molecule has 1 aliphatic carbocycles. The van der Waals surface area contributed by atoms with E-state index in [0.717, 1.165) is 22.7 Å². The van der Waals surface area contributed by atoms with Crippen LogP contribution in [0.4, 0.5) is 17.1 Å². The summed E-state index contributed by atoms with van der Waals surface area (Å²) in [5.74, 6) is 0.329. The Morgan fingerprint density at radius 1 is 1.06 bits per heavy atom. The Hall–Kier alpha value is -3.64. The van der Waals surface area contributed by atoms with Crippen molar-refractivity contribution >= 4 is 34.6 Å². The van der Waals surface area contributed by atoms with Gasteiger partial charge >= 0.3 is 0 Å². The predicted octanol–water partition coefficient (Wildman–Crippen LogP) is 6.33. The first-order chi connectivity index (χ1) is 15.5. The van der Waals surface area contributed by atoms with Crippen molar-refractivity contribution in [2.45, 2.75) is 18.4 Å². The number of benzene rings is 3. The maximum atomic E-state index is 12.8. The van der Waals surface area contributed by atoms with Crippen LogP contribution in [0.15, 0.2) is 78.9 Å². The maximum absolute atomic E-state index is 12.8. The van der Waals surface area contributed by atoms with Crippen LogP contribution < -0.4 is 10.6 Å². The summed E-state index contributed by atoms with van der Waals surface area (Å²) in [7, 11) is 0. The van der Waals surface area contributed by atoms with Gasteiger partial charge in [0.2, 0.25) is 0 Å². The minimum absolute atomic E-state index is 0.0165. The van der Waals surface area contributed by atoms with Crippen molar-refractivity contribution in [3.8, 4) is 0 Å². The Balaban J connectivity index is 1.40. The van der Waals surface area contributed by atoms with Crippen LogP contribution in [0.1, 0.15) is 39.9 Å². The molecule has 0 fully saturated rings. The molecule has 0 aromatic heterocycles. The highest BCUT2D eigenvalue weighted by Crippen LogP contribution is 2.50. The van der Waals surface area contributed by atoms with Gasteiger partial charge in [-0.3, -0.25) is 14.9 Å². The lowest BCUT2D eigenvalue weighted by Gasteiger charge is -2.37. The lowest BCUT2D eigenvalue weighted by atomic mass is 9.76. The molecule has 3 atom stereocenters. The molecule has 0 saturated carbocycles. The Labute approximate surface area is 190 Å². The summed E-state index contributed by atoms with van der Waals surface area (Å²) in [6.45, 7) is 0. The molecule has 1 aliphatic heterocycles. The number of fused-ring (bicyclic) bond motifs is 3. The number of carbonyl (C=O) groups excluding carboxylic acids is 1. The van der Waals surface area contributed by atoms with Crippen molar-refractivity contribution in [3.05, 3.63) is 111 Å². The summed E-state index contributed by atoms with van der Waals surface area (Å²) in [5, 5.41) is 18.0. The normalized spacial score (nSPS) is 20.7. The van der Waals surface area contributed by atoms with Gasteiger partial charge in [-0.2, -0.15) is 0 Å². The number of amides is 1. The highest BCUT2D eigenvalue weighted by atomic mass is 35.5. The van der Waals surface area contributed by atoms with Gasteiger partial charge < -0.3 is 10.6 Å². The van der Waals surface area contributed by atoms with Crippen molar-refractivity contribution in [1.82, 2.24) is 0 Å². The molecule has 2 aliphatic rings. The number of nitrogens with one attached hydrogen (secondary N) is 2. The molecule has 160 valence electrons. The standard InChI is InChI=1S/C25H20ClN3O3/c26-17-7-4-15(5-8-17)24-21-3-1-2-20(21)22-14-16(6-13-23(22)28-24)25(30)27-18-9-11-19(12-10-18)29(31)32/h1-2,4-14,20-21,24,28H,3H2,(H,27,30)/t20-,21-,24-/m1/s1. The molecule has 0 spiro atoms. The van der Waals surface area contributed by atoms with Crippen molar-refractivity contribution < 1.29 is 9.72 Å². The highest BCUT2D eigenvalue weighted by Gasteiger charge is 2.38. The molecule has 32 heavy (non-hydrogen) atoms. The second-order valence-electron chi connectivity index (χ2n) is 8.09. The predicted molar refractivity (Wildman–Crippen MR) is 125 cm³/mol. The van der Waals surface area contributed by atoms with Crippen LogP contribution in [0, 0.1) is 16.0 Å². The topological polar surface area (TPSA) is 84.3 Å². The molecule has 2 N–H and O–H groups in total. The Morgan fingerprint density at radius 3 is 2.53 bits per heavy atom. The number of allylic oxidation sites excluding steroid dienone is 2. The Bertz CT molecular complexity index is 1220. The summed E-state index contributed by atoms with van der Waals surface area (Å²) in [4.78, 5) is 23.2. The summed E-state index contributed by atoms with van der Waals surface area (Å²) in [6, 6.07) is 19.6. The number of nitrogens with zero attached hydrogens (tertiary/aromatic N) is 1. The first kappa shape index (κ1) is 20.3. The van der Waals surface area contributed by atoms with Crippen LogP contribution >= 0.6 is 11.6 Å². The molecule has 5 rings (SSSR count). The fourth-order valence-corrected chi connectivity index (χ4v) is 4.73. The molecule has 6 nitrogen and oxygen atoms in total. The molecule has 0 saturated heterocycles. The maximum Gasteiger partial charge on any atom is 0.269 e. The molecule has 0 bridgehead atoms. The average Bonchev–Trinajstić information content (AvgIpc) is 3.29. The average molecular weight is 446 g/mol. The number of halogens is 1. The van der Waals surface area contributed by atoms with Gasteiger partial charge in [0, 0.05) is 40.0 Å². The number of carbonyl (C=O) groups is 1. The highest BCUT2D eigenvalue weighted by molar-refractivity contribution is 6.30. The van der Waals surface area contributed by atoms with E-state index in [-0.39, 0.29) is 23.6 Å². The van der Waals surface area contributed by atoms with Crippen LogP contribution in [-0.4, -0.2) is 10.8 Å². The van der Waals surface area contributed by atoms with Gasteiger partial charge in [0.05, 0.1) is 11.0 Å². The van der Waals surface area contributed by atoms with Crippen molar-refractivity contribution in [1.29, 1.82) is 0 Å². The zero-order chi connectivity index (χ0) is 22.2. The molecular formula is C25H20ClN3O3. The quantitative estimate of drug-likeness (QED) is 0.279. The van der Waals surface area contributed by atoms with Gasteiger partial charge in [-0.1, -0.05) is 35.9 Å². The lowest BCUT2D eigenvalue weighted by Crippen LogP contribution is -2.29. The fourth-order valence-electron chi connectivity index (χ4n) is 4.61. The zero-order valence-corrected chi connectivity index (χ0v) is 17.8. The monoisotopic (exact) mass is 445 g/mol. The van der Waals surface area contributed by atoms with E-state index in [1.807, 2.05) is 24.3 Å². The number of hydrogen-bond donors (Lipinski definition) is 2. The molecule has 3 aromatic carbocycles. The van der Waals surface area contributed by atoms with Crippen LogP contribution in [0.3, 0.4) is 0 Å². The van der Waals surface area contributed by atoms with Crippen LogP contribution in [0.5, 0.6) is 0 Å². The van der Waals surface area contributed by atoms with Crippen molar-refractivity contribution in [3.63, 3.8) is 0 Å². The van der Waals surface area contributed by atoms with Gasteiger partial charge in [0.25, 0.3) is 11.6 Å². The molecule has 1 amide bonds. The number of rotatable bonds is 4. The Kier molecular flexibility index (Phi) is 5.15. The largest absolute Gasteiger partial charge is 0.378 e. The van der Waals surface area contributed by atoms with Gasteiger partial charge in [-0.05, 0) is 65.9 Å². The van der Waals surface area contributed by atoms with Crippen molar-refractivity contribution in [2.75, 3.05) is 10.6 Å². The first-order valence-electron chi connectivity index (χ1n) is 10.4. The summed E-state index contributed by atoms with van der Waals surface area (Å²) < 4.78 is 0. The van der Waals surface area contributed by atoms with E-state index in [2.05, 4.69) is 34.9 Å². The van der Waals surface area contributed by atoms with E-state index < -0.39 is 4.92 Å². The van der Waals surface area contributed by atoms with Gasteiger partial charge in [0.15, 0.2) is 0 Å². The number of nitro benzene ring substituents is 1. The van der Waals surface area contributed by atoms with Crippen LogP contribution in [0.2, 0.25) is 5.02 Å². The summed E-state index contributed by atoms with van der Waals surface area (Å²) in [6.07, 6.45) is 5.40. The first-order valence-corrected chi connectivity index (χ1v) is 10.8. The van der Waals surface area contributed by atoms with E-state index in [0.29, 0.717) is 17.2 Å².